The Bertz CT molecular complexity index is 1020. The second-order valence-corrected chi connectivity index (χ2v) is 6.45. The lowest BCUT2D eigenvalue weighted by molar-refractivity contribution is 0.104. The highest BCUT2D eigenvalue weighted by Gasteiger charge is 2.13. The summed E-state index contributed by atoms with van der Waals surface area (Å²) >= 11 is 0. The summed E-state index contributed by atoms with van der Waals surface area (Å²) in [4.78, 5) is 12.4. The van der Waals surface area contributed by atoms with Crippen molar-refractivity contribution in [1.29, 1.82) is 0 Å². The van der Waals surface area contributed by atoms with E-state index >= 15 is 0 Å². The van der Waals surface area contributed by atoms with Gasteiger partial charge in [-0.1, -0.05) is 67.6 Å². The Morgan fingerprint density at radius 3 is 2.65 bits per heavy atom. The highest BCUT2D eigenvalue weighted by atomic mass is 16.5. The zero-order valence-electron chi connectivity index (χ0n) is 14.7. The third-order valence-electron chi connectivity index (χ3n) is 4.75. The van der Waals surface area contributed by atoms with Crippen LogP contribution in [0.15, 0.2) is 78.4 Å². The largest absolute Gasteiger partial charge is 0.488 e. The van der Waals surface area contributed by atoms with Crippen molar-refractivity contribution in [3.63, 3.8) is 0 Å². The molecule has 0 amide bonds. The van der Waals surface area contributed by atoms with Crippen LogP contribution in [0.4, 0.5) is 0 Å². The number of rotatable bonds is 4. The summed E-state index contributed by atoms with van der Waals surface area (Å²) < 4.78 is 5.88. The summed E-state index contributed by atoms with van der Waals surface area (Å²) in [6.07, 6.45) is 6.58. The van der Waals surface area contributed by atoms with Gasteiger partial charge in [0, 0.05) is 11.1 Å². The molecule has 0 atom stereocenters. The van der Waals surface area contributed by atoms with E-state index in [0.29, 0.717) is 12.2 Å². The normalized spacial score (nSPS) is 13.3. The SMILES string of the molecule is CCc1ccc(C(=O)/C=C/C2=Cc3c(ccc4ccccc34)OC2)cc1. The van der Waals surface area contributed by atoms with Crippen molar-refractivity contribution in [2.24, 2.45) is 0 Å². The molecule has 0 spiro atoms. The fourth-order valence-corrected chi connectivity index (χ4v) is 3.22. The summed E-state index contributed by atoms with van der Waals surface area (Å²) in [5.74, 6) is 0.902. The molecule has 0 bridgehead atoms. The summed E-state index contributed by atoms with van der Waals surface area (Å²) in [5.41, 5.74) is 4.01. The topological polar surface area (TPSA) is 26.3 Å². The van der Waals surface area contributed by atoms with E-state index in [1.54, 1.807) is 6.08 Å². The van der Waals surface area contributed by atoms with Gasteiger partial charge in [0.25, 0.3) is 0 Å². The predicted molar refractivity (Wildman–Crippen MR) is 107 cm³/mol. The maximum Gasteiger partial charge on any atom is 0.185 e. The van der Waals surface area contributed by atoms with Gasteiger partial charge in [0.1, 0.15) is 12.4 Å². The first kappa shape index (κ1) is 16.3. The van der Waals surface area contributed by atoms with E-state index in [1.165, 1.54) is 10.9 Å². The Hall–Kier alpha value is -3.13. The van der Waals surface area contributed by atoms with E-state index in [4.69, 9.17) is 4.74 Å². The number of carbonyl (C=O) groups excluding carboxylic acids is 1. The van der Waals surface area contributed by atoms with Crippen molar-refractivity contribution in [3.8, 4) is 5.75 Å². The average Bonchev–Trinajstić information content (AvgIpc) is 2.71. The Labute approximate surface area is 153 Å². The first-order valence-electron chi connectivity index (χ1n) is 8.91. The third kappa shape index (κ3) is 3.18. The summed E-state index contributed by atoms with van der Waals surface area (Å²) in [6, 6.07) is 20.1. The number of aryl methyl sites for hydroxylation is 1. The molecular weight excluding hydrogens is 320 g/mol. The minimum atomic E-state index is 0.0114. The van der Waals surface area contributed by atoms with Crippen molar-refractivity contribution in [3.05, 3.63) is 95.1 Å². The van der Waals surface area contributed by atoms with Crippen molar-refractivity contribution in [1.82, 2.24) is 0 Å². The first-order valence-corrected chi connectivity index (χ1v) is 8.91. The summed E-state index contributed by atoms with van der Waals surface area (Å²) in [5, 5.41) is 2.35. The molecule has 0 radical (unpaired) electrons. The van der Waals surface area contributed by atoms with E-state index in [2.05, 4.69) is 31.2 Å². The molecule has 2 nitrogen and oxygen atoms in total. The van der Waals surface area contributed by atoms with Gasteiger partial charge < -0.3 is 4.74 Å². The second kappa shape index (κ2) is 7.01. The van der Waals surface area contributed by atoms with Crippen molar-refractivity contribution < 1.29 is 9.53 Å². The maximum absolute atomic E-state index is 12.4. The van der Waals surface area contributed by atoms with Gasteiger partial charge in [-0.05, 0) is 46.5 Å². The zero-order chi connectivity index (χ0) is 17.9. The number of ether oxygens (including phenoxy) is 1. The third-order valence-corrected chi connectivity index (χ3v) is 4.75. The zero-order valence-corrected chi connectivity index (χ0v) is 14.7. The lowest BCUT2D eigenvalue weighted by Gasteiger charge is -2.18. The van der Waals surface area contributed by atoms with Gasteiger partial charge in [0.15, 0.2) is 5.78 Å². The van der Waals surface area contributed by atoms with Crippen molar-refractivity contribution in [2.75, 3.05) is 6.61 Å². The standard InChI is InChI=1S/C24H20O2/c1-2-17-7-10-20(11-8-17)23(25)13-9-18-15-22-21-6-4-3-5-19(21)12-14-24(22)26-16-18/h3-15H,2,16H2,1H3/b13-9+. The number of benzene rings is 3. The fraction of sp³-hybridized carbons (Fsp3) is 0.125. The van der Waals surface area contributed by atoms with E-state index in [9.17, 15) is 4.79 Å². The summed E-state index contributed by atoms with van der Waals surface area (Å²) in [6.45, 7) is 2.58. The van der Waals surface area contributed by atoms with Gasteiger partial charge in [-0.3, -0.25) is 4.79 Å². The molecule has 3 aromatic rings. The van der Waals surface area contributed by atoms with E-state index in [-0.39, 0.29) is 5.78 Å². The molecule has 2 heteroatoms. The molecule has 128 valence electrons. The van der Waals surface area contributed by atoms with Gasteiger partial charge in [-0.2, -0.15) is 0 Å². The highest BCUT2D eigenvalue weighted by molar-refractivity contribution is 6.05. The van der Waals surface area contributed by atoms with Gasteiger partial charge >= 0.3 is 0 Å². The van der Waals surface area contributed by atoms with Crippen LogP contribution >= 0.6 is 0 Å². The van der Waals surface area contributed by atoms with E-state index in [1.807, 2.05) is 48.5 Å². The molecule has 0 saturated heterocycles. The molecule has 4 rings (SSSR count). The van der Waals surface area contributed by atoms with Gasteiger partial charge in [-0.25, -0.2) is 0 Å². The average molecular weight is 340 g/mol. The smallest absolute Gasteiger partial charge is 0.185 e. The van der Waals surface area contributed by atoms with Crippen LogP contribution in [0.25, 0.3) is 16.8 Å². The Morgan fingerprint density at radius 1 is 1.04 bits per heavy atom. The lowest BCUT2D eigenvalue weighted by Crippen LogP contribution is -2.06. The molecule has 1 aliphatic heterocycles. The highest BCUT2D eigenvalue weighted by Crippen LogP contribution is 2.33. The van der Waals surface area contributed by atoms with Gasteiger partial charge in [0.2, 0.25) is 0 Å². The predicted octanol–water partition coefficient (Wildman–Crippen LogP) is 5.62. The quantitative estimate of drug-likeness (QED) is 0.455. The van der Waals surface area contributed by atoms with Crippen LogP contribution in [0.2, 0.25) is 0 Å². The monoisotopic (exact) mass is 340 g/mol. The molecule has 1 aliphatic rings. The number of ketones is 1. The molecule has 0 fully saturated rings. The van der Waals surface area contributed by atoms with Gasteiger partial charge in [0.05, 0.1) is 0 Å². The van der Waals surface area contributed by atoms with E-state index < -0.39 is 0 Å². The number of allylic oxidation sites excluding steroid dienone is 1. The maximum atomic E-state index is 12.4. The molecular formula is C24H20O2. The Morgan fingerprint density at radius 2 is 1.85 bits per heavy atom. The van der Waals surface area contributed by atoms with Crippen molar-refractivity contribution >= 4 is 22.6 Å². The number of fused-ring (bicyclic) bond motifs is 3. The van der Waals surface area contributed by atoms with Crippen LogP contribution in [0, 0.1) is 0 Å². The molecule has 0 aliphatic carbocycles. The molecule has 0 N–H and O–H groups in total. The number of hydrogen-bond acceptors (Lipinski definition) is 2. The summed E-state index contributed by atoms with van der Waals surface area (Å²) in [7, 11) is 0. The first-order chi connectivity index (χ1) is 12.7. The van der Waals surface area contributed by atoms with Crippen LogP contribution in [0.3, 0.4) is 0 Å². The molecule has 0 unspecified atom stereocenters. The second-order valence-electron chi connectivity index (χ2n) is 6.45. The number of carbonyl (C=O) groups is 1. The van der Waals surface area contributed by atoms with E-state index in [0.717, 1.165) is 28.7 Å². The number of hydrogen-bond donors (Lipinski definition) is 0. The Kier molecular flexibility index (Phi) is 4.40. The van der Waals surface area contributed by atoms with Crippen LogP contribution < -0.4 is 4.74 Å². The fourth-order valence-electron chi connectivity index (χ4n) is 3.22. The van der Waals surface area contributed by atoms with Crippen molar-refractivity contribution in [2.45, 2.75) is 13.3 Å². The minimum absolute atomic E-state index is 0.0114. The van der Waals surface area contributed by atoms with Crippen LogP contribution in [-0.4, -0.2) is 12.4 Å². The molecule has 26 heavy (non-hydrogen) atoms. The lowest BCUT2D eigenvalue weighted by atomic mass is 9.99. The van der Waals surface area contributed by atoms with Crippen LogP contribution in [-0.2, 0) is 6.42 Å². The van der Waals surface area contributed by atoms with Crippen LogP contribution in [0.1, 0.15) is 28.4 Å². The minimum Gasteiger partial charge on any atom is -0.488 e. The Balaban J connectivity index is 1.61. The molecule has 0 aromatic heterocycles. The molecule has 1 heterocycles. The van der Waals surface area contributed by atoms with Gasteiger partial charge in [-0.15, -0.1) is 0 Å². The van der Waals surface area contributed by atoms with Crippen LogP contribution in [0.5, 0.6) is 5.75 Å². The molecule has 0 saturated carbocycles. The molecule has 3 aromatic carbocycles.